The number of carbonyl (C=O) groups excluding carboxylic acids is 1. The van der Waals surface area contributed by atoms with Crippen LogP contribution in [0.1, 0.15) is 72.6 Å². The lowest BCUT2D eigenvalue weighted by Crippen LogP contribution is -2.45. The molecule has 2 fully saturated rings. The first-order chi connectivity index (χ1) is 14.3. The van der Waals surface area contributed by atoms with E-state index in [1.807, 2.05) is 0 Å². The Morgan fingerprint density at radius 2 is 1.83 bits per heavy atom. The van der Waals surface area contributed by atoms with Crippen molar-refractivity contribution < 1.29 is 23.1 Å². The van der Waals surface area contributed by atoms with Gasteiger partial charge in [0.2, 0.25) is 0 Å². The van der Waals surface area contributed by atoms with E-state index in [4.69, 9.17) is 0 Å². The molecule has 2 heterocycles. The summed E-state index contributed by atoms with van der Waals surface area (Å²) < 4.78 is 40.8. The summed E-state index contributed by atoms with van der Waals surface area (Å²) in [7, 11) is 0. The third kappa shape index (κ3) is 4.21. The average Bonchev–Trinajstić information content (AvgIpc) is 3.24. The lowest BCUT2D eigenvalue weighted by Gasteiger charge is -2.38. The van der Waals surface area contributed by atoms with Gasteiger partial charge >= 0.3 is 6.18 Å². The summed E-state index contributed by atoms with van der Waals surface area (Å²) in [6.45, 7) is 0.476. The molecule has 1 saturated heterocycles. The molecule has 2 aliphatic rings. The van der Waals surface area contributed by atoms with Crippen LogP contribution in [0.25, 0.3) is 0 Å². The van der Waals surface area contributed by atoms with E-state index in [1.165, 1.54) is 18.6 Å². The number of alkyl halides is 3. The summed E-state index contributed by atoms with van der Waals surface area (Å²) in [6, 6.07) is 5.06. The minimum atomic E-state index is -4.47. The maximum absolute atomic E-state index is 13.0. The highest BCUT2D eigenvalue weighted by molar-refractivity contribution is 5.92. The minimum Gasteiger partial charge on any atom is -0.385 e. The summed E-state index contributed by atoms with van der Waals surface area (Å²) in [5.74, 6) is -0.261. The predicted molar refractivity (Wildman–Crippen MR) is 103 cm³/mol. The van der Waals surface area contributed by atoms with Crippen LogP contribution in [0.3, 0.4) is 0 Å². The first kappa shape index (κ1) is 20.8. The number of piperidine rings is 1. The number of nitrogens with zero attached hydrogens (tertiary/aromatic N) is 4. The van der Waals surface area contributed by atoms with Gasteiger partial charge < -0.3 is 10.0 Å². The van der Waals surface area contributed by atoms with Crippen LogP contribution in [0.2, 0.25) is 0 Å². The predicted octanol–water partition coefficient (Wildman–Crippen LogP) is 3.93. The van der Waals surface area contributed by atoms with Gasteiger partial charge in [0.05, 0.1) is 23.4 Å². The highest BCUT2D eigenvalue weighted by Crippen LogP contribution is 2.37. The molecule has 0 atom stereocenters. The quantitative estimate of drug-likeness (QED) is 0.814. The Morgan fingerprint density at radius 1 is 1.13 bits per heavy atom. The van der Waals surface area contributed by atoms with Gasteiger partial charge in [-0.05, 0) is 43.4 Å². The van der Waals surface area contributed by atoms with Crippen molar-refractivity contribution in [2.45, 2.75) is 62.8 Å². The Morgan fingerprint density at radius 3 is 2.50 bits per heavy atom. The van der Waals surface area contributed by atoms with Crippen LogP contribution in [-0.4, -0.2) is 44.0 Å². The second-order valence-electron chi connectivity index (χ2n) is 8.28. The van der Waals surface area contributed by atoms with Gasteiger partial charge in [0.25, 0.3) is 5.91 Å². The molecule has 0 bridgehead atoms. The van der Waals surface area contributed by atoms with Gasteiger partial charge in [0, 0.05) is 13.1 Å². The maximum atomic E-state index is 13.0. The third-order valence-electron chi connectivity index (χ3n) is 6.28. The lowest BCUT2D eigenvalue weighted by molar-refractivity contribution is -0.137. The van der Waals surface area contributed by atoms with Crippen molar-refractivity contribution in [2.24, 2.45) is 0 Å². The van der Waals surface area contributed by atoms with Crippen molar-refractivity contribution in [1.82, 2.24) is 19.9 Å². The highest BCUT2D eigenvalue weighted by Gasteiger charge is 2.38. The zero-order valence-corrected chi connectivity index (χ0v) is 16.6. The van der Waals surface area contributed by atoms with Crippen molar-refractivity contribution in [1.29, 1.82) is 0 Å². The molecule has 1 aliphatic heterocycles. The molecule has 0 spiro atoms. The van der Waals surface area contributed by atoms with E-state index in [0.29, 0.717) is 0 Å². The molecule has 9 heteroatoms. The number of carbonyl (C=O) groups is 1. The molecule has 162 valence electrons. The van der Waals surface area contributed by atoms with Crippen molar-refractivity contribution in [3.63, 3.8) is 0 Å². The summed E-state index contributed by atoms with van der Waals surface area (Å²) in [6.07, 6.45) is 3.13. The smallest absolute Gasteiger partial charge is 0.385 e. The Balaban J connectivity index is 1.42. The maximum Gasteiger partial charge on any atom is 0.416 e. The summed E-state index contributed by atoms with van der Waals surface area (Å²) in [5, 5.41) is 19.1. The molecule has 1 N–H and O–H groups in total. The first-order valence-corrected chi connectivity index (χ1v) is 10.4. The van der Waals surface area contributed by atoms with Gasteiger partial charge in [0.1, 0.15) is 0 Å². The molecule has 1 aliphatic carbocycles. The number of benzene rings is 1. The fourth-order valence-electron chi connectivity index (χ4n) is 4.41. The topological polar surface area (TPSA) is 71.2 Å². The van der Waals surface area contributed by atoms with E-state index >= 15 is 0 Å². The number of hydrogen-bond acceptors (Lipinski definition) is 4. The van der Waals surface area contributed by atoms with E-state index in [2.05, 4.69) is 10.3 Å². The normalized spacial score (nSPS) is 20.3. The van der Waals surface area contributed by atoms with E-state index < -0.39 is 17.3 Å². The first-order valence-electron chi connectivity index (χ1n) is 10.4. The number of hydrogen-bond donors (Lipinski definition) is 1. The van der Waals surface area contributed by atoms with E-state index in [9.17, 15) is 23.1 Å². The Hall–Kier alpha value is -2.42. The van der Waals surface area contributed by atoms with Crippen LogP contribution in [0.4, 0.5) is 13.2 Å². The van der Waals surface area contributed by atoms with Crippen LogP contribution in [0.5, 0.6) is 0 Å². The number of amides is 1. The van der Waals surface area contributed by atoms with Crippen molar-refractivity contribution in [3.05, 3.63) is 47.3 Å². The van der Waals surface area contributed by atoms with Crippen molar-refractivity contribution in [3.8, 4) is 0 Å². The van der Waals surface area contributed by atoms with Crippen LogP contribution in [0.15, 0.2) is 30.5 Å². The van der Waals surface area contributed by atoms with E-state index in [1.54, 1.807) is 15.8 Å². The average molecular weight is 422 g/mol. The molecule has 0 radical (unpaired) electrons. The molecule has 1 saturated carbocycles. The molecule has 30 heavy (non-hydrogen) atoms. The molecule has 1 aromatic carbocycles. The summed E-state index contributed by atoms with van der Waals surface area (Å²) in [5.41, 5.74) is -1.68. The highest BCUT2D eigenvalue weighted by atomic mass is 19.4. The standard InChI is InChI=1S/C21H25F3N4O2/c22-21(23,24)16-6-4-5-15(13-16)20(30)9-11-27(12-10-20)19(29)18-14-28(26-25-18)17-7-2-1-3-8-17/h4-6,13-14,17,30H,1-3,7-12H2. The van der Waals surface area contributed by atoms with Crippen LogP contribution < -0.4 is 0 Å². The number of rotatable bonds is 3. The molecule has 1 amide bonds. The zero-order chi connectivity index (χ0) is 21.4. The Labute approximate surface area is 172 Å². The molecular weight excluding hydrogens is 397 g/mol. The van der Waals surface area contributed by atoms with Crippen molar-refractivity contribution >= 4 is 5.91 Å². The van der Waals surface area contributed by atoms with Crippen LogP contribution in [0, 0.1) is 0 Å². The minimum absolute atomic E-state index is 0.164. The zero-order valence-electron chi connectivity index (χ0n) is 16.6. The third-order valence-corrected chi connectivity index (χ3v) is 6.28. The van der Waals surface area contributed by atoms with Gasteiger partial charge in [-0.15, -0.1) is 5.10 Å². The number of aromatic nitrogens is 3. The largest absolute Gasteiger partial charge is 0.416 e. The van der Waals surface area contributed by atoms with Crippen molar-refractivity contribution in [2.75, 3.05) is 13.1 Å². The van der Waals surface area contributed by atoms with E-state index in [0.717, 1.165) is 37.8 Å². The van der Waals surface area contributed by atoms with Crippen LogP contribution in [-0.2, 0) is 11.8 Å². The molecular formula is C21H25F3N4O2. The van der Waals surface area contributed by atoms with Gasteiger partial charge in [-0.1, -0.05) is 36.6 Å². The van der Waals surface area contributed by atoms with Gasteiger partial charge in [-0.2, -0.15) is 13.2 Å². The van der Waals surface area contributed by atoms with Gasteiger partial charge in [-0.25, -0.2) is 4.68 Å². The Bertz CT molecular complexity index is 898. The SMILES string of the molecule is O=C(c1cn(C2CCCCC2)nn1)N1CCC(O)(c2cccc(C(F)(F)F)c2)CC1. The second-order valence-corrected chi connectivity index (χ2v) is 8.28. The van der Waals surface area contributed by atoms with Gasteiger partial charge in [0.15, 0.2) is 5.69 Å². The van der Waals surface area contributed by atoms with Crippen LogP contribution >= 0.6 is 0 Å². The molecule has 1 aromatic heterocycles. The fourth-order valence-corrected chi connectivity index (χ4v) is 4.41. The Kier molecular flexibility index (Phi) is 5.57. The molecule has 4 rings (SSSR count). The molecule has 2 aromatic rings. The number of halogens is 3. The number of likely N-dealkylation sites (tertiary alicyclic amines) is 1. The van der Waals surface area contributed by atoms with Gasteiger partial charge in [-0.3, -0.25) is 4.79 Å². The number of aliphatic hydroxyl groups is 1. The second kappa shape index (κ2) is 8.02. The molecule has 0 unspecified atom stereocenters. The monoisotopic (exact) mass is 422 g/mol. The molecule has 6 nitrogen and oxygen atoms in total. The summed E-state index contributed by atoms with van der Waals surface area (Å²) in [4.78, 5) is 14.4. The van der Waals surface area contributed by atoms with E-state index in [-0.39, 0.29) is 49.1 Å². The lowest BCUT2D eigenvalue weighted by atomic mass is 9.83. The summed E-state index contributed by atoms with van der Waals surface area (Å²) >= 11 is 0. The fraction of sp³-hybridized carbons (Fsp3) is 0.571.